The molecule has 3 aromatic heterocycles. The maximum atomic E-state index is 12.9. The Morgan fingerprint density at radius 2 is 2.00 bits per heavy atom. The summed E-state index contributed by atoms with van der Waals surface area (Å²) in [5.74, 6) is 0.423. The number of rotatable bonds is 8. The molecule has 1 aromatic carbocycles. The van der Waals surface area contributed by atoms with Gasteiger partial charge in [-0.1, -0.05) is 12.1 Å². The minimum atomic E-state index is -0.622. The number of aryl methyl sites for hydroxylation is 1. The van der Waals surface area contributed by atoms with Crippen LogP contribution in [-0.4, -0.2) is 53.8 Å². The molecule has 2 amide bonds. The minimum absolute atomic E-state index is 0.250. The molecular weight excluding hydrogens is 466 g/mol. The van der Waals surface area contributed by atoms with E-state index in [0.717, 1.165) is 21.7 Å². The quantitative estimate of drug-likeness (QED) is 0.385. The lowest BCUT2D eigenvalue weighted by Crippen LogP contribution is -2.38. The summed E-state index contributed by atoms with van der Waals surface area (Å²) in [6.45, 7) is 6.51. The number of aromatic amines is 1. The molecule has 3 heterocycles. The van der Waals surface area contributed by atoms with Gasteiger partial charge in [-0.25, -0.2) is 14.8 Å². The predicted octanol–water partition coefficient (Wildman–Crippen LogP) is 3.66. The molecular formula is C24H29N7O3S. The van der Waals surface area contributed by atoms with Gasteiger partial charge >= 0.3 is 6.09 Å². The molecule has 2 N–H and O–H groups in total. The molecule has 0 unspecified atom stereocenters. The second-order valence-electron chi connectivity index (χ2n) is 9.11. The fourth-order valence-corrected chi connectivity index (χ4v) is 4.19. The number of fused-ring (bicyclic) bond motifs is 1. The number of carbonyl (C=O) groups is 2. The first-order valence-electron chi connectivity index (χ1n) is 11.3. The highest BCUT2D eigenvalue weighted by molar-refractivity contribution is 7.09. The molecule has 0 saturated carbocycles. The SMILES string of the molecule is Cn1nccc1CNC(=O)c1csc(CCN(Cc2nc3ccccc3[nH]2)C(=O)OC(C)(C)C)n1. The molecule has 4 aromatic rings. The van der Waals surface area contributed by atoms with Crippen molar-refractivity contribution in [2.75, 3.05) is 6.54 Å². The van der Waals surface area contributed by atoms with Gasteiger partial charge in [-0.15, -0.1) is 11.3 Å². The number of aromatic nitrogens is 5. The van der Waals surface area contributed by atoms with Crippen molar-refractivity contribution in [2.45, 2.75) is 45.9 Å². The van der Waals surface area contributed by atoms with E-state index in [2.05, 4.69) is 25.4 Å². The maximum absolute atomic E-state index is 12.9. The number of amides is 2. The van der Waals surface area contributed by atoms with Crippen LogP contribution in [0.3, 0.4) is 0 Å². The van der Waals surface area contributed by atoms with E-state index in [1.165, 1.54) is 11.3 Å². The number of hydrogen-bond acceptors (Lipinski definition) is 7. The van der Waals surface area contributed by atoms with Crippen molar-refractivity contribution in [1.82, 2.24) is 34.9 Å². The van der Waals surface area contributed by atoms with E-state index >= 15 is 0 Å². The molecule has 11 heteroatoms. The van der Waals surface area contributed by atoms with Gasteiger partial charge in [0, 0.05) is 31.6 Å². The molecule has 0 spiro atoms. The molecule has 35 heavy (non-hydrogen) atoms. The normalized spacial score (nSPS) is 11.5. The Bertz CT molecular complexity index is 1280. The minimum Gasteiger partial charge on any atom is -0.444 e. The zero-order valence-corrected chi connectivity index (χ0v) is 21.1. The average Bonchev–Trinajstić information content (AvgIpc) is 3.53. The number of benzene rings is 1. The number of para-hydroxylation sites is 2. The van der Waals surface area contributed by atoms with Gasteiger partial charge in [0.25, 0.3) is 5.91 Å². The van der Waals surface area contributed by atoms with Crippen molar-refractivity contribution >= 4 is 34.4 Å². The van der Waals surface area contributed by atoms with Crippen LogP contribution < -0.4 is 5.32 Å². The van der Waals surface area contributed by atoms with Crippen LogP contribution in [0.15, 0.2) is 41.9 Å². The molecule has 0 aliphatic rings. The third-order valence-electron chi connectivity index (χ3n) is 5.16. The molecule has 0 saturated heterocycles. The van der Waals surface area contributed by atoms with Crippen molar-refractivity contribution in [1.29, 1.82) is 0 Å². The first-order valence-corrected chi connectivity index (χ1v) is 12.2. The van der Waals surface area contributed by atoms with Crippen molar-refractivity contribution < 1.29 is 14.3 Å². The number of imidazole rings is 1. The fraction of sp³-hybridized carbons (Fsp3) is 0.375. The number of nitrogens with one attached hydrogen (secondary N) is 2. The highest BCUT2D eigenvalue weighted by Gasteiger charge is 2.24. The van der Waals surface area contributed by atoms with E-state index in [-0.39, 0.29) is 12.5 Å². The number of carbonyl (C=O) groups excluding carboxylic acids is 2. The third-order valence-corrected chi connectivity index (χ3v) is 6.07. The van der Waals surface area contributed by atoms with Crippen LogP contribution in [0.2, 0.25) is 0 Å². The lowest BCUT2D eigenvalue weighted by Gasteiger charge is -2.26. The monoisotopic (exact) mass is 495 g/mol. The number of hydrogen-bond donors (Lipinski definition) is 2. The zero-order valence-electron chi connectivity index (χ0n) is 20.2. The van der Waals surface area contributed by atoms with Crippen LogP contribution in [0.1, 0.15) is 47.8 Å². The molecule has 0 aliphatic heterocycles. The standard InChI is InChI=1S/C24H29N7O3S/c1-24(2,3)34-23(33)31(14-20-27-17-7-5-6-8-18(17)28-20)12-10-21-29-19(15-35-21)22(32)25-13-16-9-11-26-30(16)4/h5-9,11,15H,10,12-14H2,1-4H3,(H,25,32)(H,27,28). The van der Waals surface area contributed by atoms with E-state index in [1.807, 2.05) is 58.2 Å². The fourth-order valence-electron chi connectivity index (χ4n) is 3.42. The van der Waals surface area contributed by atoms with Crippen molar-refractivity contribution in [3.63, 3.8) is 0 Å². The van der Waals surface area contributed by atoms with Gasteiger partial charge in [0.2, 0.25) is 0 Å². The van der Waals surface area contributed by atoms with Crippen LogP contribution in [0, 0.1) is 0 Å². The van der Waals surface area contributed by atoms with Gasteiger partial charge < -0.3 is 19.9 Å². The molecule has 0 radical (unpaired) electrons. The van der Waals surface area contributed by atoms with Gasteiger partial charge in [-0.3, -0.25) is 9.48 Å². The van der Waals surface area contributed by atoms with Crippen LogP contribution in [-0.2, 0) is 31.3 Å². The molecule has 4 rings (SSSR count). The van der Waals surface area contributed by atoms with Crippen molar-refractivity contribution in [3.8, 4) is 0 Å². The Balaban J connectivity index is 1.40. The van der Waals surface area contributed by atoms with Gasteiger partial charge in [0.05, 0.1) is 34.8 Å². The molecule has 0 atom stereocenters. The van der Waals surface area contributed by atoms with E-state index in [9.17, 15) is 9.59 Å². The Hall–Kier alpha value is -3.73. The Morgan fingerprint density at radius 1 is 1.20 bits per heavy atom. The van der Waals surface area contributed by atoms with Gasteiger partial charge in [0.1, 0.15) is 17.1 Å². The largest absolute Gasteiger partial charge is 0.444 e. The summed E-state index contributed by atoms with van der Waals surface area (Å²) in [6, 6.07) is 9.57. The van der Waals surface area contributed by atoms with Gasteiger partial charge in [-0.05, 0) is 39.0 Å². The number of H-pyrrole nitrogens is 1. The van der Waals surface area contributed by atoms with Gasteiger partial charge in [-0.2, -0.15) is 5.10 Å². The Kier molecular flexibility index (Phi) is 7.15. The summed E-state index contributed by atoms with van der Waals surface area (Å²) in [7, 11) is 1.82. The summed E-state index contributed by atoms with van der Waals surface area (Å²) >= 11 is 1.39. The van der Waals surface area contributed by atoms with E-state index in [1.54, 1.807) is 21.2 Å². The van der Waals surface area contributed by atoms with Crippen LogP contribution in [0.25, 0.3) is 11.0 Å². The number of nitrogens with zero attached hydrogens (tertiary/aromatic N) is 5. The van der Waals surface area contributed by atoms with Crippen LogP contribution >= 0.6 is 11.3 Å². The molecule has 10 nitrogen and oxygen atoms in total. The molecule has 0 bridgehead atoms. The Morgan fingerprint density at radius 3 is 2.71 bits per heavy atom. The zero-order chi connectivity index (χ0) is 25.0. The summed E-state index contributed by atoms with van der Waals surface area (Å²) in [4.78, 5) is 39.3. The highest BCUT2D eigenvalue weighted by atomic mass is 32.1. The summed E-state index contributed by atoms with van der Waals surface area (Å²) in [6.07, 6.45) is 1.74. The molecule has 0 fully saturated rings. The molecule has 184 valence electrons. The summed E-state index contributed by atoms with van der Waals surface area (Å²) in [5.41, 5.74) is 2.38. The summed E-state index contributed by atoms with van der Waals surface area (Å²) < 4.78 is 7.32. The summed E-state index contributed by atoms with van der Waals surface area (Å²) in [5, 5.41) is 9.44. The highest BCUT2D eigenvalue weighted by Crippen LogP contribution is 2.17. The smallest absolute Gasteiger partial charge is 0.410 e. The maximum Gasteiger partial charge on any atom is 0.410 e. The second kappa shape index (κ2) is 10.3. The third kappa shape index (κ3) is 6.44. The van der Waals surface area contributed by atoms with Gasteiger partial charge in [0.15, 0.2) is 0 Å². The van der Waals surface area contributed by atoms with Crippen molar-refractivity contribution in [2.24, 2.45) is 7.05 Å². The van der Waals surface area contributed by atoms with Crippen LogP contribution in [0.4, 0.5) is 4.79 Å². The van der Waals surface area contributed by atoms with E-state index in [0.29, 0.717) is 31.0 Å². The number of ether oxygens (including phenoxy) is 1. The first kappa shape index (κ1) is 24.4. The van der Waals surface area contributed by atoms with E-state index < -0.39 is 11.7 Å². The number of thiazole rings is 1. The van der Waals surface area contributed by atoms with E-state index in [4.69, 9.17) is 4.74 Å². The lowest BCUT2D eigenvalue weighted by atomic mass is 10.2. The topological polar surface area (TPSA) is 118 Å². The average molecular weight is 496 g/mol. The lowest BCUT2D eigenvalue weighted by molar-refractivity contribution is 0.0231. The Labute approximate surface area is 207 Å². The van der Waals surface area contributed by atoms with Crippen LogP contribution in [0.5, 0.6) is 0 Å². The predicted molar refractivity (Wildman–Crippen MR) is 133 cm³/mol. The molecule has 0 aliphatic carbocycles. The second-order valence-corrected chi connectivity index (χ2v) is 10.1. The first-order chi connectivity index (χ1) is 16.7. The van der Waals surface area contributed by atoms with Crippen molar-refractivity contribution in [3.05, 3.63) is 64.1 Å².